The van der Waals surface area contributed by atoms with E-state index in [0.717, 1.165) is 5.56 Å². The van der Waals surface area contributed by atoms with Gasteiger partial charge in [-0.1, -0.05) is 35.6 Å². The van der Waals surface area contributed by atoms with Crippen molar-refractivity contribution in [2.24, 2.45) is 0 Å². The maximum atomic E-state index is 12.1. The van der Waals surface area contributed by atoms with Crippen LogP contribution in [-0.4, -0.2) is 22.8 Å². The van der Waals surface area contributed by atoms with Crippen molar-refractivity contribution in [3.05, 3.63) is 46.5 Å². The molecule has 2 aromatic rings. The summed E-state index contributed by atoms with van der Waals surface area (Å²) < 4.78 is 0. The molecule has 0 saturated heterocycles. The molecule has 0 saturated carbocycles. The molecule has 0 aliphatic heterocycles. The van der Waals surface area contributed by atoms with E-state index in [1.54, 1.807) is 11.9 Å². The molecule has 0 atom stereocenters. The Labute approximate surface area is 110 Å². The lowest BCUT2D eigenvalue weighted by Gasteiger charge is -2.17. The zero-order chi connectivity index (χ0) is 13.1. The Morgan fingerprint density at radius 3 is 2.78 bits per heavy atom. The zero-order valence-electron chi connectivity index (χ0n) is 10.4. The fourth-order valence-corrected chi connectivity index (χ4v) is 2.37. The number of carbonyl (C=O) groups excluding carboxylic acids is 1. The molecule has 0 aliphatic carbocycles. The van der Waals surface area contributed by atoms with Crippen molar-refractivity contribution >= 4 is 22.4 Å². The van der Waals surface area contributed by atoms with Gasteiger partial charge in [0.05, 0.1) is 6.20 Å². The summed E-state index contributed by atoms with van der Waals surface area (Å²) in [6, 6.07) is 8.04. The molecule has 2 rings (SSSR count). The number of aryl methyl sites for hydroxylation is 1. The lowest BCUT2D eigenvalue weighted by atomic mass is 10.1. The number of nitrogens with two attached hydrogens (primary N) is 1. The second kappa shape index (κ2) is 5.18. The summed E-state index contributed by atoms with van der Waals surface area (Å²) in [5.74, 6) is -0.0487. The first-order valence-corrected chi connectivity index (χ1v) is 6.41. The maximum absolute atomic E-state index is 12.1. The molecule has 18 heavy (non-hydrogen) atoms. The minimum absolute atomic E-state index is 0.0487. The van der Waals surface area contributed by atoms with Gasteiger partial charge in [-0.3, -0.25) is 4.79 Å². The normalized spacial score (nSPS) is 10.3. The third-order valence-electron chi connectivity index (χ3n) is 2.75. The largest absolute Gasteiger partial charge is 0.375 e. The first kappa shape index (κ1) is 12.6. The third-order valence-corrected chi connectivity index (χ3v) is 3.56. The van der Waals surface area contributed by atoms with Crippen molar-refractivity contribution in [1.29, 1.82) is 0 Å². The topological polar surface area (TPSA) is 59.2 Å². The smallest absolute Gasteiger partial charge is 0.265 e. The van der Waals surface area contributed by atoms with Crippen LogP contribution in [0.1, 0.15) is 20.8 Å². The van der Waals surface area contributed by atoms with Gasteiger partial charge in [0.2, 0.25) is 0 Å². The quantitative estimate of drug-likeness (QED) is 0.922. The minimum atomic E-state index is -0.0487. The lowest BCUT2D eigenvalue weighted by Crippen LogP contribution is -2.25. The van der Waals surface area contributed by atoms with Crippen molar-refractivity contribution in [2.45, 2.75) is 13.5 Å². The molecular weight excluding hydrogens is 246 g/mol. The van der Waals surface area contributed by atoms with Crippen LogP contribution in [-0.2, 0) is 6.54 Å². The Balaban J connectivity index is 2.11. The molecular formula is C13H15N3OS. The number of amides is 1. The number of carbonyl (C=O) groups is 1. The summed E-state index contributed by atoms with van der Waals surface area (Å²) in [7, 11) is 1.78. The molecule has 1 amide bonds. The van der Waals surface area contributed by atoms with E-state index in [1.807, 2.05) is 31.2 Å². The average molecular weight is 261 g/mol. The van der Waals surface area contributed by atoms with Gasteiger partial charge in [0.1, 0.15) is 4.88 Å². The summed E-state index contributed by atoms with van der Waals surface area (Å²) in [4.78, 5) is 18.3. The van der Waals surface area contributed by atoms with Gasteiger partial charge in [-0.25, -0.2) is 4.98 Å². The van der Waals surface area contributed by atoms with Crippen molar-refractivity contribution < 1.29 is 4.79 Å². The maximum Gasteiger partial charge on any atom is 0.265 e. The molecule has 0 spiro atoms. The van der Waals surface area contributed by atoms with Gasteiger partial charge < -0.3 is 10.6 Å². The van der Waals surface area contributed by atoms with Crippen LogP contribution < -0.4 is 5.73 Å². The molecule has 0 bridgehead atoms. The second-order valence-corrected chi connectivity index (χ2v) is 5.21. The second-order valence-electron chi connectivity index (χ2n) is 4.15. The number of nitrogens with zero attached hydrogens (tertiary/aromatic N) is 2. The summed E-state index contributed by atoms with van der Waals surface area (Å²) >= 11 is 1.21. The fourth-order valence-electron chi connectivity index (χ4n) is 1.69. The molecule has 94 valence electrons. The van der Waals surface area contributed by atoms with E-state index in [9.17, 15) is 4.79 Å². The monoisotopic (exact) mass is 261 g/mol. The predicted octanol–water partition coefficient (Wildman–Crippen LogP) is 2.31. The Kier molecular flexibility index (Phi) is 3.62. The number of anilines is 1. The number of thiazole rings is 1. The number of nitrogen functional groups attached to an aromatic ring is 1. The van der Waals surface area contributed by atoms with Crippen LogP contribution in [0, 0.1) is 6.92 Å². The molecule has 1 aromatic carbocycles. The van der Waals surface area contributed by atoms with Crippen LogP contribution in [0.15, 0.2) is 30.5 Å². The molecule has 0 fully saturated rings. The predicted molar refractivity (Wildman–Crippen MR) is 73.5 cm³/mol. The van der Waals surface area contributed by atoms with E-state index in [-0.39, 0.29) is 5.91 Å². The molecule has 5 heteroatoms. The Bertz CT molecular complexity index is 565. The van der Waals surface area contributed by atoms with Crippen molar-refractivity contribution in [2.75, 3.05) is 12.8 Å². The SMILES string of the molecule is Cc1ccccc1CN(C)C(=O)c1cnc(N)s1. The standard InChI is InChI=1S/C13H15N3OS/c1-9-5-3-4-6-10(9)8-16(2)12(17)11-7-15-13(14)18-11/h3-7H,8H2,1-2H3,(H2,14,15). The number of aromatic nitrogens is 1. The van der Waals surface area contributed by atoms with Gasteiger partial charge >= 0.3 is 0 Å². The van der Waals surface area contributed by atoms with Crippen LogP contribution in [0.4, 0.5) is 5.13 Å². The highest BCUT2D eigenvalue weighted by atomic mass is 32.1. The molecule has 0 radical (unpaired) electrons. The number of hydrogen-bond donors (Lipinski definition) is 1. The lowest BCUT2D eigenvalue weighted by molar-refractivity contribution is 0.0789. The summed E-state index contributed by atoms with van der Waals surface area (Å²) in [6.45, 7) is 2.63. The Morgan fingerprint density at radius 1 is 1.44 bits per heavy atom. The van der Waals surface area contributed by atoms with Crippen LogP contribution >= 0.6 is 11.3 Å². The van der Waals surface area contributed by atoms with E-state index in [4.69, 9.17) is 5.73 Å². The van der Waals surface area contributed by atoms with Crippen molar-refractivity contribution in [3.63, 3.8) is 0 Å². The number of benzene rings is 1. The van der Waals surface area contributed by atoms with Crippen LogP contribution in [0.25, 0.3) is 0 Å². The first-order chi connectivity index (χ1) is 8.58. The van der Waals surface area contributed by atoms with Crippen LogP contribution in [0.5, 0.6) is 0 Å². The molecule has 0 unspecified atom stereocenters. The third kappa shape index (κ3) is 2.68. The van der Waals surface area contributed by atoms with Crippen LogP contribution in [0.3, 0.4) is 0 Å². The fraction of sp³-hybridized carbons (Fsp3) is 0.231. The highest BCUT2D eigenvalue weighted by molar-refractivity contribution is 7.17. The molecule has 1 aromatic heterocycles. The highest BCUT2D eigenvalue weighted by Crippen LogP contribution is 2.18. The molecule has 1 heterocycles. The Hall–Kier alpha value is -1.88. The van der Waals surface area contributed by atoms with Crippen LogP contribution in [0.2, 0.25) is 0 Å². The average Bonchev–Trinajstić information content (AvgIpc) is 2.78. The van der Waals surface area contributed by atoms with Gasteiger partial charge in [0.25, 0.3) is 5.91 Å². The Morgan fingerprint density at radius 2 is 2.17 bits per heavy atom. The number of rotatable bonds is 3. The first-order valence-electron chi connectivity index (χ1n) is 5.59. The highest BCUT2D eigenvalue weighted by Gasteiger charge is 2.15. The van der Waals surface area contributed by atoms with Gasteiger partial charge in [0.15, 0.2) is 5.13 Å². The minimum Gasteiger partial charge on any atom is -0.375 e. The van der Waals surface area contributed by atoms with Gasteiger partial charge in [-0.15, -0.1) is 0 Å². The van der Waals surface area contributed by atoms with E-state index in [0.29, 0.717) is 16.6 Å². The molecule has 2 N–H and O–H groups in total. The summed E-state index contributed by atoms with van der Waals surface area (Å²) in [6.07, 6.45) is 1.52. The zero-order valence-corrected chi connectivity index (χ0v) is 11.2. The van der Waals surface area contributed by atoms with Crippen molar-refractivity contribution in [1.82, 2.24) is 9.88 Å². The van der Waals surface area contributed by atoms with Gasteiger partial charge in [0, 0.05) is 13.6 Å². The number of hydrogen-bond acceptors (Lipinski definition) is 4. The summed E-state index contributed by atoms with van der Waals surface area (Å²) in [5, 5.41) is 0.419. The van der Waals surface area contributed by atoms with E-state index < -0.39 is 0 Å². The van der Waals surface area contributed by atoms with Crippen molar-refractivity contribution in [3.8, 4) is 0 Å². The van der Waals surface area contributed by atoms with E-state index in [2.05, 4.69) is 4.98 Å². The van der Waals surface area contributed by atoms with Gasteiger partial charge in [-0.2, -0.15) is 0 Å². The molecule has 4 nitrogen and oxygen atoms in total. The summed E-state index contributed by atoms with van der Waals surface area (Å²) in [5.41, 5.74) is 7.86. The van der Waals surface area contributed by atoms with E-state index >= 15 is 0 Å². The molecule has 0 aliphatic rings. The van der Waals surface area contributed by atoms with E-state index in [1.165, 1.54) is 23.1 Å². The van der Waals surface area contributed by atoms with Gasteiger partial charge in [-0.05, 0) is 18.1 Å².